The number of rotatable bonds is 5. The smallest absolute Gasteiger partial charge is 0.127 e. The number of hydrogen-bond donors (Lipinski definition) is 0. The summed E-state index contributed by atoms with van der Waals surface area (Å²) < 4.78 is 9.10. The van der Waals surface area contributed by atoms with E-state index in [4.69, 9.17) is 4.74 Å². The van der Waals surface area contributed by atoms with Gasteiger partial charge in [0.15, 0.2) is 0 Å². The summed E-state index contributed by atoms with van der Waals surface area (Å²) >= 11 is 2.28. The van der Waals surface area contributed by atoms with Crippen LogP contribution in [0.1, 0.15) is 12.5 Å². The molecule has 0 aliphatic heterocycles. The Morgan fingerprint density at radius 2 is 1.74 bits per heavy atom. The minimum atomic E-state index is 0.843. The lowest BCUT2D eigenvalue weighted by Gasteiger charge is -2.07. The van der Waals surface area contributed by atoms with Crippen molar-refractivity contribution in [1.29, 1.82) is 0 Å². The predicted molar refractivity (Wildman–Crippen MR) is 102 cm³/mol. The molecule has 0 bridgehead atoms. The Morgan fingerprint density at radius 3 is 2.35 bits per heavy atom. The lowest BCUT2D eigenvalue weighted by atomic mass is 10.1. The van der Waals surface area contributed by atoms with Gasteiger partial charge in [0.25, 0.3) is 0 Å². The summed E-state index contributed by atoms with van der Waals surface area (Å²) in [7, 11) is 0. The van der Waals surface area contributed by atoms with Crippen molar-refractivity contribution in [2.75, 3.05) is 0 Å². The summed E-state index contributed by atoms with van der Waals surface area (Å²) in [6.07, 6.45) is 7.77. The molecule has 0 fully saturated rings. The Bertz CT molecular complexity index is 775. The fourth-order valence-corrected chi connectivity index (χ4v) is 2.63. The zero-order chi connectivity index (χ0) is 16.1. The van der Waals surface area contributed by atoms with E-state index in [0.29, 0.717) is 0 Å². The van der Waals surface area contributed by atoms with Gasteiger partial charge in [-0.05, 0) is 71.5 Å². The summed E-state index contributed by atoms with van der Waals surface area (Å²) in [4.78, 5) is 4.06. The van der Waals surface area contributed by atoms with Gasteiger partial charge >= 0.3 is 0 Å². The molecule has 0 amide bonds. The van der Waals surface area contributed by atoms with E-state index in [1.54, 1.807) is 6.20 Å². The van der Waals surface area contributed by atoms with Crippen molar-refractivity contribution in [2.45, 2.75) is 13.5 Å². The van der Waals surface area contributed by atoms with Crippen LogP contribution in [-0.2, 0) is 6.54 Å². The third kappa shape index (κ3) is 4.69. The molecular weight excluding hydrogens is 399 g/mol. The van der Waals surface area contributed by atoms with E-state index in [1.807, 2.05) is 48.9 Å². The van der Waals surface area contributed by atoms with Crippen LogP contribution in [0.2, 0.25) is 0 Å². The Hall–Kier alpha value is -2.08. The summed E-state index contributed by atoms with van der Waals surface area (Å²) in [5, 5.41) is 0. The number of halogens is 1. The highest BCUT2D eigenvalue weighted by Crippen LogP contribution is 2.23. The maximum absolute atomic E-state index is 5.84. The van der Waals surface area contributed by atoms with Crippen molar-refractivity contribution >= 4 is 28.7 Å². The highest BCUT2D eigenvalue weighted by atomic mass is 127. The monoisotopic (exact) mass is 416 g/mol. The first kappa shape index (κ1) is 15.8. The molecule has 0 saturated heterocycles. The zero-order valence-electron chi connectivity index (χ0n) is 12.8. The summed E-state index contributed by atoms with van der Waals surface area (Å²) in [6, 6.07) is 16.1. The second-order valence-electron chi connectivity index (χ2n) is 5.35. The van der Waals surface area contributed by atoms with Gasteiger partial charge in [0.2, 0.25) is 0 Å². The summed E-state index contributed by atoms with van der Waals surface area (Å²) in [5.41, 5.74) is 2.44. The molecule has 3 aromatic rings. The van der Waals surface area contributed by atoms with Gasteiger partial charge in [-0.15, -0.1) is 0 Å². The van der Waals surface area contributed by atoms with Gasteiger partial charge in [0, 0.05) is 22.5 Å². The van der Waals surface area contributed by atoms with Crippen LogP contribution in [0.3, 0.4) is 0 Å². The van der Waals surface area contributed by atoms with Gasteiger partial charge in [0.05, 0.1) is 6.33 Å². The number of allylic oxidation sites excluding steroid dienone is 1. The third-order valence-electron chi connectivity index (χ3n) is 3.33. The maximum atomic E-state index is 5.84. The second kappa shape index (κ2) is 7.46. The topological polar surface area (TPSA) is 27.1 Å². The molecule has 3 rings (SSSR count). The van der Waals surface area contributed by atoms with Crippen molar-refractivity contribution in [3.8, 4) is 11.5 Å². The minimum Gasteiger partial charge on any atom is -0.457 e. The first-order valence-electron chi connectivity index (χ1n) is 7.35. The normalized spacial score (nSPS) is 11.5. The molecule has 0 aliphatic carbocycles. The number of benzene rings is 2. The van der Waals surface area contributed by atoms with E-state index in [-0.39, 0.29) is 0 Å². The van der Waals surface area contributed by atoms with E-state index < -0.39 is 0 Å². The van der Waals surface area contributed by atoms with Gasteiger partial charge in [0.1, 0.15) is 11.5 Å². The quantitative estimate of drug-likeness (QED) is 0.522. The van der Waals surface area contributed by atoms with Gasteiger partial charge in [-0.1, -0.05) is 23.8 Å². The molecule has 3 nitrogen and oxygen atoms in total. The van der Waals surface area contributed by atoms with Crippen molar-refractivity contribution in [3.05, 3.63) is 82.0 Å². The molecule has 1 heterocycles. The van der Waals surface area contributed by atoms with Crippen molar-refractivity contribution in [2.24, 2.45) is 0 Å². The minimum absolute atomic E-state index is 0.843. The molecule has 1 aromatic heterocycles. The molecule has 0 unspecified atom stereocenters. The van der Waals surface area contributed by atoms with Crippen molar-refractivity contribution in [1.82, 2.24) is 9.55 Å². The van der Waals surface area contributed by atoms with Crippen molar-refractivity contribution in [3.63, 3.8) is 0 Å². The third-order valence-corrected chi connectivity index (χ3v) is 4.05. The molecule has 23 heavy (non-hydrogen) atoms. The number of ether oxygens (including phenoxy) is 1. The first-order valence-corrected chi connectivity index (χ1v) is 8.43. The SMILES string of the molecule is CC(=Cc1ccc(Oc2ccc(I)cc2)cc1)Cn1ccnc1. The molecule has 0 spiro atoms. The molecule has 0 radical (unpaired) electrons. The van der Waals surface area contributed by atoms with Crippen LogP contribution < -0.4 is 4.74 Å². The molecule has 116 valence electrons. The van der Waals surface area contributed by atoms with Crippen molar-refractivity contribution < 1.29 is 4.74 Å². The average molecular weight is 416 g/mol. The van der Waals surface area contributed by atoms with Crippen LogP contribution in [0.25, 0.3) is 6.08 Å². The molecule has 0 saturated carbocycles. The van der Waals surface area contributed by atoms with Crippen LogP contribution in [0.15, 0.2) is 72.8 Å². The van der Waals surface area contributed by atoms with Crippen LogP contribution in [0.5, 0.6) is 11.5 Å². The van der Waals surface area contributed by atoms with E-state index in [9.17, 15) is 0 Å². The van der Waals surface area contributed by atoms with E-state index >= 15 is 0 Å². The van der Waals surface area contributed by atoms with Gasteiger partial charge < -0.3 is 9.30 Å². The van der Waals surface area contributed by atoms with Crippen LogP contribution in [0, 0.1) is 3.57 Å². The largest absolute Gasteiger partial charge is 0.457 e. The molecule has 2 aromatic carbocycles. The summed E-state index contributed by atoms with van der Waals surface area (Å²) in [5.74, 6) is 1.70. The maximum Gasteiger partial charge on any atom is 0.127 e. The fourth-order valence-electron chi connectivity index (χ4n) is 2.27. The van der Waals surface area contributed by atoms with Gasteiger partial charge in [-0.25, -0.2) is 4.98 Å². The highest BCUT2D eigenvalue weighted by Gasteiger charge is 1.98. The lowest BCUT2D eigenvalue weighted by Crippen LogP contribution is -1.95. The highest BCUT2D eigenvalue weighted by molar-refractivity contribution is 14.1. The van der Waals surface area contributed by atoms with E-state index in [0.717, 1.165) is 23.6 Å². The standard InChI is InChI=1S/C19H17IN2O/c1-15(13-22-11-10-21-14-22)12-16-2-6-18(7-3-16)23-19-8-4-17(20)5-9-19/h2-12,14H,13H2,1H3. The lowest BCUT2D eigenvalue weighted by molar-refractivity contribution is 0.482. The Morgan fingerprint density at radius 1 is 1.09 bits per heavy atom. The predicted octanol–water partition coefficient (Wildman–Crippen LogP) is 5.38. The molecule has 4 heteroatoms. The van der Waals surface area contributed by atoms with Crippen LogP contribution >= 0.6 is 22.6 Å². The molecule has 0 atom stereocenters. The average Bonchev–Trinajstić information content (AvgIpc) is 3.04. The number of nitrogens with zero attached hydrogens (tertiary/aromatic N) is 2. The van der Waals surface area contributed by atoms with Gasteiger partial charge in [-0.3, -0.25) is 0 Å². The van der Waals surface area contributed by atoms with Crippen LogP contribution in [-0.4, -0.2) is 9.55 Å². The number of aromatic nitrogens is 2. The Kier molecular flexibility index (Phi) is 5.12. The van der Waals surface area contributed by atoms with E-state index in [1.165, 1.54) is 9.14 Å². The zero-order valence-corrected chi connectivity index (χ0v) is 15.0. The number of hydrogen-bond acceptors (Lipinski definition) is 2. The molecule has 0 N–H and O–H groups in total. The summed E-state index contributed by atoms with van der Waals surface area (Å²) in [6.45, 7) is 2.97. The molecular formula is C19H17IN2O. The number of imidazole rings is 1. The first-order chi connectivity index (χ1) is 11.2. The van der Waals surface area contributed by atoms with Gasteiger partial charge in [-0.2, -0.15) is 0 Å². The fraction of sp³-hybridized carbons (Fsp3) is 0.105. The Labute approximate surface area is 149 Å². The molecule has 0 aliphatic rings. The Balaban J connectivity index is 1.65. The van der Waals surface area contributed by atoms with Crippen LogP contribution in [0.4, 0.5) is 0 Å². The van der Waals surface area contributed by atoms with E-state index in [2.05, 4.69) is 57.3 Å². The second-order valence-corrected chi connectivity index (χ2v) is 6.60.